The van der Waals surface area contributed by atoms with Gasteiger partial charge in [0.15, 0.2) is 0 Å². The van der Waals surface area contributed by atoms with Gasteiger partial charge in [0.05, 0.1) is 6.10 Å². The minimum Gasteiger partial charge on any atom is -0.392 e. The summed E-state index contributed by atoms with van der Waals surface area (Å²) >= 11 is 0. The van der Waals surface area contributed by atoms with Crippen LogP contribution in [0.2, 0.25) is 0 Å². The molecule has 72 valence electrons. The summed E-state index contributed by atoms with van der Waals surface area (Å²) < 4.78 is 0. The molecule has 1 fully saturated rings. The fraction of sp³-hybridized carbons (Fsp3) is 1.00. The second kappa shape index (κ2) is 4.21. The van der Waals surface area contributed by atoms with Gasteiger partial charge >= 0.3 is 0 Å². The van der Waals surface area contributed by atoms with Gasteiger partial charge in [-0.1, -0.05) is 0 Å². The molecule has 3 N–H and O–H groups in total. The minimum atomic E-state index is -0.211. The van der Waals surface area contributed by atoms with Crippen LogP contribution >= 0.6 is 0 Å². The van der Waals surface area contributed by atoms with E-state index in [0.29, 0.717) is 12.0 Å². The van der Waals surface area contributed by atoms with Crippen molar-refractivity contribution in [1.82, 2.24) is 4.90 Å². The largest absolute Gasteiger partial charge is 0.392 e. The first-order chi connectivity index (χ1) is 5.59. The van der Waals surface area contributed by atoms with Gasteiger partial charge in [0.1, 0.15) is 0 Å². The Morgan fingerprint density at radius 3 is 2.67 bits per heavy atom. The van der Waals surface area contributed by atoms with Gasteiger partial charge in [0, 0.05) is 19.1 Å². The van der Waals surface area contributed by atoms with Crippen molar-refractivity contribution >= 4 is 0 Å². The quantitative estimate of drug-likeness (QED) is 0.632. The van der Waals surface area contributed by atoms with E-state index in [1.165, 1.54) is 6.42 Å². The monoisotopic (exact) mass is 172 g/mol. The van der Waals surface area contributed by atoms with Crippen LogP contribution in [-0.4, -0.2) is 41.8 Å². The third kappa shape index (κ3) is 2.73. The fourth-order valence-corrected chi connectivity index (χ4v) is 1.83. The molecule has 0 radical (unpaired) electrons. The summed E-state index contributed by atoms with van der Waals surface area (Å²) in [6.07, 6.45) is 0.974. The summed E-state index contributed by atoms with van der Waals surface area (Å²) in [5.74, 6) is 0.628. The van der Waals surface area contributed by atoms with E-state index >= 15 is 0 Å². The topological polar surface area (TPSA) is 49.5 Å². The zero-order valence-corrected chi connectivity index (χ0v) is 8.03. The maximum atomic E-state index is 9.16. The van der Waals surface area contributed by atoms with Crippen LogP contribution < -0.4 is 5.73 Å². The van der Waals surface area contributed by atoms with E-state index in [2.05, 4.69) is 11.8 Å². The predicted molar refractivity (Wildman–Crippen MR) is 49.9 cm³/mol. The summed E-state index contributed by atoms with van der Waals surface area (Å²) in [6, 6.07) is 0.295. The molecule has 3 atom stereocenters. The lowest BCUT2D eigenvalue weighted by atomic mass is 10.0. The smallest absolute Gasteiger partial charge is 0.0639 e. The molecule has 3 unspecified atom stereocenters. The van der Waals surface area contributed by atoms with E-state index in [-0.39, 0.29) is 6.10 Å². The van der Waals surface area contributed by atoms with Gasteiger partial charge in [-0.15, -0.1) is 0 Å². The zero-order chi connectivity index (χ0) is 9.14. The number of aliphatic hydroxyl groups excluding tert-OH is 1. The molecule has 1 heterocycles. The molecule has 0 bridgehead atoms. The molecule has 12 heavy (non-hydrogen) atoms. The number of nitrogens with zero attached hydrogens (tertiary/aromatic N) is 1. The highest BCUT2D eigenvalue weighted by molar-refractivity contribution is 4.81. The Morgan fingerprint density at radius 1 is 1.58 bits per heavy atom. The Labute approximate surface area is 74.5 Å². The third-order valence-corrected chi connectivity index (χ3v) is 2.57. The first-order valence-electron chi connectivity index (χ1n) is 4.75. The molecule has 1 rings (SSSR count). The van der Waals surface area contributed by atoms with Crippen molar-refractivity contribution in [2.45, 2.75) is 32.4 Å². The van der Waals surface area contributed by atoms with Gasteiger partial charge in [-0.3, -0.25) is 0 Å². The molecule has 1 saturated heterocycles. The predicted octanol–water partition coefficient (Wildman–Crippen LogP) is 0.0363. The molecule has 0 saturated carbocycles. The second-order valence-corrected chi connectivity index (χ2v) is 4.02. The average molecular weight is 172 g/mol. The number of likely N-dealkylation sites (tertiary alicyclic amines) is 1. The lowest BCUT2D eigenvalue weighted by molar-refractivity contribution is 0.138. The molecular formula is C9H20N2O. The van der Waals surface area contributed by atoms with E-state index in [1.807, 2.05) is 6.92 Å². The number of β-amino-alcohol motifs (C(OH)–C–C–N with tert-alkyl or cyclic N) is 1. The maximum Gasteiger partial charge on any atom is 0.0639 e. The van der Waals surface area contributed by atoms with E-state index in [0.717, 1.165) is 19.6 Å². The molecule has 0 aromatic rings. The normalized spacial score (nSPS) is 30.5. The fourth-order valence-electron chi connectivity index (χ4n) is 1.83. The highest BCUT2D eigenvalue weighted by Gasteiger charge is 2.25. The van der Waals surface area contributed by atoms with Crippen molar-refractivity contribution in [3.8, 4) is 0 Å². The molecule has 1 aliphatic heterocycles. The van der Waals surface area contributed by atoms with Gasteiger partial charge in [-0.2, -0.15) is 0 Å². The Kier molecular flexibility index (Phi) is 3.50. The molecular weight excluding hydrogens is 152 g/mol. The highest BCUT2D eigenvalue weighted by Crippen LogP contribution is 2.18. The van der Waals surface area contributed by atoms with Gasteiger partial charge in [0.25, 0.3) is 0 Å². The molecule has 1 aliphatic rings. The van der Waals surface area contributed by atoms with E-state index in [1.54, 1.807) is 0 Å². The molecule has 3 heteroatoms. The van der Waals surface area contributed by atoms with Gasteiger partial charge in [-0.25, -0.2) is 0 Å². The first kappa shape index (κ1) is 9.96. The van der Waals surface area contributed by atoms with Crippen LogP contribution in [0.15, 0.2) is 0 Å². The lowest BCUT2D eigenvalue weighted by Gasteiger charge is -2.18. The Hall–Kier alpha value is -0.120. The summed E-state index contributed by atoms with van der Waals surface area (Å²) in [4.78, 5) is 2.29. The van der Waals surface area contributed by atoms with Crippen LogP contribution in [0.4, 0.5) is 0 Å². The summed E-state index contributed by atoms with van der Waals surface area (Å²) in [6.45, 7) is 6.85. The van der Waals surface area contributed by atoms with E-state index in [9.17, 15) is 0 Å². The first-order valence-corrected chi connectivity index (χ1v) is 4.75. The van der Waals surface area contributed by atoms with Crippen molar-refractivity contribution in [3.05, 3.63) is 0 Å². The Balaban J connectivity index is 2.26. The van der Waals surface area contributed by atoms with Crippen molar-refractivity contribution < 1.29 is 5.11 Å². The number of hydrogen-bond donors (Lipinski definition) is 2. The van der Waals surface area contributed by atoms with Crippen LogP contribution in [-0.2, 0) is 0 Å². The lowest BCUT2D eigenvalue weighted by Crippen LogP contribution is -2.32. The summed E-state index contributed by atoms with van der Waals surface area (Å²) in [5, 5.41) is 9.16. The van der Waals surface area contributed by atoms with Crippen molar-refractivity contribution in [3.63, 3.8) is 0 Å². The molecule has 0 spiro atoms. The van der Waals surface area contributed by atoms with Gasteiger partial charge in [0.2, 0.25) is 0 Å². The number of nitrogens with two attached hydrogens (primary N) is 1. The Morgan fingerprint density at radius 2 is 2.25 bits per heavy atom. The third-order valence-electron chi connectivity index (χ3n) is 2.57. The van der Waals surface area contributed by atoms with Crippen LogP contribution in [0.5, 0.6) is 0 Å². The molecule has 0 aromatic carbocycles. The number of hydrogen-bond acceptors (Lipinski definition) is 3. The van der Waals surface area contributed by atoms with Gasteiger partial charge in [-0.05, 0) is 32.7 Å². The van der Waals surface area contributed by atoms with Crippen molar-refractivity contribution in [1.29, 1.82) is 0 Å². The number of aliphatic hydroxyl groups is 1. The number of rotatable bonds is 3. The van der Waals surface area contributed by atoms with Crippen LogP contribution in [0, 0.1) is 5.92 Å². The SMILES string of the molecule is CC(O)CN1CCC(C(C)N)C1. The zero-order valence-electron chi connectivity index (χ0n) is 8.03. The Bertz CT molecular complexity index is 136. The molecule has 0 aliphatic carbocycles. The van der Waals surface area contributed by atoms with Crippen LogP contribution in [0.3, 0.4) is 0 Å². The van der Waals surface area contributed by atoms with E-state index in [4.69, 9.17) is 10.8 Å². The van der Waals surface area contributed by atoms with Gasteiger partial charge < -0.3 is 15.7 Å². The minimum absolute atomic E-state index is 0.211. The van der Waals surface area contributed by atoms with Crippen molar-refractivity contribution in [2.24, 2.45) is 11.7 Å². The molecule has 0 amide bonds. The van der Waals surface area contributed by atoms with Crippen LogP contribution in [0.1, 0.15) is 20.3 Å². The highest BCUT2D eigenvalue weighted by atomic mass is 16.3. The summed E-state index contributed by atoms with van der Waals surface area (Å²) in [5.41, 5.74) is 5.80. The van der Waals surface area contributed by atoms with Crippen LogP contribution in [0.25, 0.3) is 0 Å². The molecule has 3 nitrogen and oxygen atoms in total. The second-order valence-electron chi connectivity index (χ2n) is 4.02. The average Bonchev–Trinajstić information content (AvgIpc) is 2.34. The standard InChI is InChI=1S/C9H20N2O/c1-7(12)5-11-4-3-9(6-11)8(2)10/h7-9,12H,3-6,10H2,1-2H3. The van der Waals surface area contributed by atoms with E-state index < -0.39 is 0 Å². The maximum absolute atomic E-state index is 9.16. The molecule has 0 aromatic heterocycles. The summed E-state index contributed by atoms with van der Waals surface area (Å²) in [7, 11) is 0. The van der Waals surface area contributed by atoms with Crippen molar-refractivity contribution in [2.75, 3.05) is 19.6 Å².